The molecule has 0 N–H and O–H groups in total. The molecule has 0 saturated carbocycles. The normalized spacial score (nSPS) is 15.9. The molecule has 0 amide bonds. The molecular formula is C31H36Cl2Zr. The third-order valence-corrected chi connectivity index (χ3v) is 17.1. The van der Waals surface area contributed by atoms with Crippen LogP contribution in [0.2, 0.25) is 6.25 Å². The van der Waals surface area contributed by atoms with Crippen LogP contribution < -0.4 is 24.8 Å². The van der Waals surface area contributed by atoms with E-state index >= 15 is 0 Å². The molecular weight excluding hydrogens is 534 g/mol. The average molecular weight is 571 g/mol. The summed E-state index contributed by atoms with van der Waals surface area (Å²) in [5.74, 6) is 0. The third kappa shape index (κ3) is 6.10. The molecule has 3 heteroatoms. The van der Waals surface area contributed by atoms with E-state index in [0.717, 1.165) is 0 Å². The average Bonchev–Trinajstić information content (AvgIpc) is 3.52. The predicted octanol–water partition coefficient (Wildman–Crippen LogP) is 2.83. The molecule has 2 aromatic carbocycles. The van der Waals surface area contributed by atoms with Gasteiger partial charge in [0.1, 0.15) is 0 Å². The van der Waals surface area contributed by atoms with Gasteiger partial charge in [-0.05, 0) is 0 Å². The largest absolute Gasteiger partial charge is 1.00 e. The maximum absolute atomic E-state index is 2.59. The maximum atomic E-state index is 2.59. The van der Waals surface area contributed by atoms with Crippen molar-refractivity contribution < 1.29 is 46.1 Å². The van der Waals surface area contributed by atoms with Crippen LogP contribution in [0.15, 0.2) is 109 Å². The zero-order chi connectivity index (χ0) is 22.3. The zero-order valence-electron chi connectivity index (χ0n) is 20.4. The van der Waals surface area contributed by atoms with E-state index in [1.165, 1.54) is 49.7 Å². The Bertz CT molecular complexity index is 938. The molecule has 34 heavy (non-hydrogen) atoms. The minimum atomic E-state index is -2.51. The first-order valence-corrected chi connectivity index (χ1v) is 16.0. The summed E-state index contributed by atoms with van der Waals surface area (Å²) in [5, 5.41) is 0. The molecule has 178 valence electrons. The van der Waals surface area contributed by atoms with E-state index in [1.807, 2.05) is 0 Å². The number of hydrogen-bond acceptors (Lipinski definition) is 0. The maximum Gasteiger partial charge on any atom is -1.00 e. The van der Waals surface area contributed by atoms with Crippen LogP contribution in [-0.2, 0) is 21.3 Å². The van der Waals surface area contributed by atoms with Crippen molar-refractivity contribution in [1.82, 2.24) is 0 Å². The molecule has 2 aliphatic carbocycles. The fourth-order valence-electron chi connectivity index (χ4n) is 5.44. The number of hydrogen-bond donors (Lipinski definition) is 0. The molecule has 0 fully saturated rings. The Hall–Kier alpha value is -1.27. The second kappa shape index (κ2) is 13.7. The number of unbranched alkanes of at least 4 members (excludes halogenated alkanes) is 2. The van der Waals surface area contributed by atoms with Gasteiger partial charge in [0.05, 0.1) is 0 Å². The summed E-state index contributed by atoms with van der Waals surface area (Å²) < 4.78 is 2.10. The van der Waals surface area contributed by atoms with E-state index in [4.69, 9.17) is 0 Å². The van der Waals surface area contributed by atoms with E-state index in [2.05, 4.69) is 123 Å². The molecule has 0 radical (unpaired) electrons. The molecule has 0 saturated heterocycles. The number of benzene rings is 2. The van der Waals surface area contributed by atoms with E-state index in [1.54, 1.807) is 3.21 Å². The fraction of sp³-hybridized carbons (Fsp3) is 0.323. The van der Waals surface area contributed by atoms with Crippen molar-refractivity contribution >= 4 is 3.21 Å². The molecule has 2 aliphatic rings. The topological polar surface area (TPSA) is 0 Å². The standard InChI is InChI=1S/C13H10.2C9H13.2ClH.Zr/c1-3-7-12(8-4-1)11-13-9-5-2-6-10-13;2*1-2-3-6-9-7-4-5-8-9;;;/h1-10H;2*4-5,7-8H,2-3,6H2,1H3;2*1H;/q;;;;;+2/p-2. The van der Waals surface area contributed by atoms with Crippen LogP contribution in [-0.4, -0.2) is 3.21 Å². The van der Waals surface area contributed by atoms with Crippen LogP contribution in [0.4, 0.5) is 0 Å². The SMILES string of the molecule is CCCC[C]1([Zr+2](=[C](c2ccccc2)c2ccccc2)[C]2(CCCC)C=CC=C2)C=CC=C1.[Cl-].[Cl-]. The van der Waals surface area contributed by atoms with Crippen LogP contribution in [0.1, 0.15) is 63.5 Å². The molecule has 0 nitrogen and oxygen atoms in total. The van der Waals surface area contributed by atoms with Gasteiger partial charge in [-0.3, -0.25) is 0 Å². The molecule has 0 unspecified atom stereocenters. The van der Waals surface area contributed by atoms with Gasteiger partial charge in [0.15, 0.2) is 0 Å². The Morgan fingerprint density at radius 3 is 1.26 bits per heavy atom. The summed E-state index contributed by atoms with van der Waals surface area (Å²) in [5.41, 5.74) is 2.87. The smallest absolute Gasteiger partial charge is 1.00 e. The molecule has 0 bridgehead atoms. The molecule has 2 aromatic rings. The van der Waals surface area contributed by atoms with E-state index in [-0.39, 0.29) is 31.1 Å². The monoisotopic (exact) mass is 568 g/mol. The second-order valence-corrected chi connectivity index (χ2v) is 16.9. The van der Waals surface area contributed by atoms with Crippen LogP contribution >= 0.6 is 0 Å². The van der Waals surface area contributed by atoms with Gasteiger partial charge < -0.3 is 24.8 Å². The minimum absolute atomic E-state index is 0. The molecule has 0 aromatic heterocycles. The first-order valence-electron chi connectivity index (χ1n) is 12.3. The van der Waals surface area contributed by atoms with Crippen molar-refractivity contribution in [2.24, 2.45) is 0 Å². The van der Waals surface area contributed by atoms with Gasteiger partial charge in [-0.15, -0.1) is 0 Å². The second-order valence-electron chi connectivity index (χ2n) is 9.21. The molecule has 4 rings (SSSR count). The summed E-state index contributed by atoms with van der Waals surface area (Å²) in [6.45, 7) is 4.67. The van der Waals surface area contributed by atoms with E-state index < -0.39 is 21.3 Å². The van der Waals surface area contributed by atoms with Gasteiger partial charge in [-0.25, -0.2) is 0 Å². The summed E-state index contributed by atoms with van der Waals surface area (Å²) in [6.07, 6.45) is 27.3. The van der Waals surface area contributed by atoms with Crippen molar-refractivity contribution in [2.45, 2.75) is 58.6 Å². The van der Waals surface area contributed by atoms with Gasteiger partial charge in [0.25, 0.3) is 0 Å². The minimum Gasteiger partial charge on any atom is -1.00 e. The van der Waals surface area contributed by atoms with Gasteiger partial charge >= 0.3 is 203 Å². The van der Waals surface area contributed by atoms with Crippen LogP contribution in [0.5, 0.6) is 0 Å². The van der Waals surface area contributed by atoms with Crippen molar-refractivity contribution in [3.8, 4) is 0 Å². The van der Waals surface area contributed by atoms with Crippen LogP contribution in [0.3, 0.4) is 0 Å². The number of halogens is 2. The molecule has 0 aliphatic heterocycles. The van der Waals surface area contributed by atoms with Gasteiger partial charge in [0.2, 0.25) is 0 Å². The van der Waals surface area contributed by atoms with Crippen LogP contribution in [0, 0.1) is 0 Å². The molecule has 0 spiro atoms. The van der Waals surface area contributed by atoms with Gasteiger partial charge in [-0.1, -0.05) is 0 Å². The van der Waals surface area contributed by atoms with Gasteiger partial charge in [-0.2, -0.15) is 0 Å². The Kier molecular flexibility index (Phi) is 11.7. The fourth-order valence-corrected chi connectivity index (χ4v) is 16.8. The van der Waals surface area contributed by atoms with Crippen molar-refractivity contribution in [1.29, 1.82) is 0 Å². The Balaban J connectivity index is 0.00000204. The van der Waals surface area contributed by atoms with E-state index in [9.17, 15) is 0 Å². The van der Waals surface area contributed by atoms with Crippen molar-refractivity contribution in [3.63, 3.8) is 0 Å². The first kappa shape index (κ1) is 29.0. The summed E-state index contributed by atoms with van der Waals surface area (Å²) in [4.78, 5) is 0. The van der Waals surface area contributed by atoms with Crippen molar-refractivity contribution in [3.05, 3.63) is 120 Å². The summed E-state index contributed by atoms with van der Waals surface area (Å²) >= 11 is -2.51. The Morgan fingerprint density at radius 1 is 0.588 bits per heavy atom. The Labute approximate surface area is 226 Å². The van der Waals surface area contributed by atoms with Gasteiger partial charge in [0, 0.05) is 0 Å². The Morgan fingerprint density at radius 2 is 0.941 bits per heavy atom. The van der Waals surface area contributed by atoms with Crippen molar-refractivity contribution in [2.75, 3.05) is 0 Å². The number of allylic oxidation sites excluding steroid dienone is 8. The van der Waals surface area contributed by atoms with Crippen LogP contribution in [0.25, 0.3) is 0 Å². The quantitative estimate of drug-likeness (QED) is 0.412. The summed E-state index contributed by atoms with van der Waals surface area (Å²) in [7, 11) is 0. The van der Waals surface area contributed by atoms with E-state index in [0.29, 0.717) is 0 Å². The predicted molar refractivity (Wildman–Crippen MR) is 137 cm³/mol. The first-order chi connectivity index (χ1) is 15.7. The molecule has 0 atom stereocenters. The molecule has 0 heterocycles. The summed E-state index contributed by atoms with van der Waals surface area (Å²) in [6, 6.07) is 22.6. The zero-order valence-corrected chi connectivity index (χ0v) is 24.4. The number of rotatable bonds is 10. The third-order valence-electron chi connectivity index (χ3n) is 6.99.